The van der Waals surface area contributed by atoms with Crippen LogP contribution in [0, 0.1) is 0 Å². The topological polar surface area (TPSA) is 21.3 Å². The van der Waals surface area contributed by atoms with Crippen LogP contribution in [0.15, 0.2) is 11.5 Å². The van der Waals surface area contributed by atoms with Gasteiger partial charge in [0.1, 0.15) is 5.76 Å². The van der Waals surface area contributed by atoms with E-state index in [1.165, 1.54) is 18.5 Å². The van der Waals surface area contributed by atoms with E-state index in [1.54, 1.807) is 7.11 Å². The second kappa shape index (κ2) is 4.27. The van der Waals surface area contributed by atoms with Gasteiger partial charge in [0, 0.05) is 18.7 Å². The van der Waals surface area contributed by atoms with Gasteiger partial charge in [-0.25, -0.2) is 0 Å². The van der Waals surface area contributed by atoms with Crippen molar-refractivity contribution in [3.8, 4) is 0 Å². The number of ether oxygens (including phenoxy) is 1. The lowest BCUT2D eigenvalue weighted by Gasteiger charge is -2.19. The monoisotopic (exact) mass is 155 g/mol. The molecule has 0 bridgehead atoms. The molecule has 0 heterocycles. The zero-order valence-electron chi connectivity index (χ0n) is 7.44. The highest BCUT2D eigenvalue weighted by molar-refractivity contribution is 5.09. The molecule has 0 radical (unpaired) electrons. The normalized spacial score (nSPS) is 18.4. The summed E-state index contributed by atoms with van der Waals surface area (Å²) in [5.41, 5.74) is 1.32. The summed E-state index contributed by atoms with van der Waals surface area (Å²) >= 11 is 0. The van der Waals surface area contributed by atoms with Crippen molar-refractivity contribution in [3.05, 3.63) is 11.5 Å². The van der Waals surface area contributed by atoms with Crippen LogP contribution in [-0.2, 0) is 4.74 Å². The standard InChI is InChI=1S/C9H17NO/c1-3-10-8-6-4-5-7-9(8)11-2/h10H,3-7H2,1-2H3. The average molecular weight is 155 g/mol. The first kappa shape index (κ1) is 8.44. The highest BCUT2D eigenvalue weighted by atomic mass is 16.5. The maximum absolute atomic E-state index is 5.27. The van der Waals surface area contributed by atoms with Crippen LogP contribution in [0.25, 0.3) is 0 Å². The Hall–Kier alpha value is -0.660. The number of nitrogens with one attached hydrogen (secondary N) is 1. The third-order valence-corrected chi connectivity index (χ3v) is 2.05. The van der Waals surface area contributed by atoms with Gasteiger partial charge in [0.2, 0.25) is 0 Å². The molecule has 0 saturated carbocycles. The van der Waals surface area contributed by atoms with Crippen molar-refractivity contribution in [1.82, 2.24) is 5.32 Å². The first-order valence-electron chi connectivity index (χ1n) is 4.38. The van der Waals surface area contributed by atoms with Gasteiger partial charge in [0.25, 0.3) is 0 Å². The largest absolute Gasteiger partial charge is 0.499 e. The van der Waals surface area contributed by atoms with Crippen LogP contribution in [0.4, 0.5) is 0 Å². The van der Waals surface area contributed by atoms with E-state index in [0.29, 0.717) is 0 Å². The highest BCUT2D eigenvalue weighted by Crippen LogP contribution is 2.22. The Kier molecular flexibility index (Phi) is 3.27. The Morgan fingerprint density at radius 3 is 2.73 bits per heavy atom. The first-order chi connectivity index (χ1) is 5.38. The zero-order valence-corrected chi connectivity index (χ0v) is 7.44. The van der Waals surface area contributed by atoms with E-state index in [9.17, 15) is 0 Å². The Bertz CT molecular complexity index is 152. The lowest BCUT2D eigenvalue weighted by molar-refractivity contribution is 0.256. The molecule has 0 atom stereocenters. The van der Waals surface area contributed by atoms with Crippen LogP contribution in [0.2, 0.25) is 0 Å². The molecule has 0 spiro atoms. The van der Waals surface area contributed by atoms with Gasteiger partial charge >= 0.3 is 0 Å². The SMILES string of the molecule is CCNC1=C(OC)CCCC1. The first-order valence-corrected chi connectivity index (χ1v) is 4.38. The van der Waals surface area contributed by atoms with Gasteiger partial charge < -0.3 is 10.1 Å². The van der Waals surface area contributed by atoms with E-state index >= 15 is 0 Å². The van der Waals surface area contributed by atoms with E-state index in [1.807, 2.05) is 0 Å². The fourth-order valence-corrected chi connectivity index (χ4v) is 1.50. The van der Waals surface area contributed by atoms with Crippen molar-refractivity contribution in [3.63, 3.8) is 0 Å². The van der Waals surface area contributed by atoms with Gasteiger partial charge in [0.15, 0.2) is 0 Å². The smallest absolute Gasteiger partial charge is 0.114 e. The summed E-state index contributed by atoms with van der Waals surface area (Å²) in [4.78, 5) is 0. The minimum Gasteiger partial charge on any atom is -0.499 e. The van der Waals surface area contributed by atoms with Gasteiger partial charge in [-0.05, 0) is 26.2 Å². The molecule has 0 unspecified atom stereocenters. The number of allylic oxidation sites excluding steroid dienone is 2. The fourth-order valence-electron chi connectivity index (χ4n) is 1.50. The summed E-state index contributed by atoms with van der Waals surface area (Å²) in [6, 6.07) is 0. The van der Waals surface area contributed by atoms with E-state index in [0.717, 1.165) is 25.1 Å². The summed E-state index contributed by atoms with van der Waals surface area (Å²) < 4.78 is 5.27. The van der Waals surface area contributed by atoms with Crippen LogP contribution < -0.4 is 5.32 Å². The molecule has 2 heteroatoms. The van der Waals surface area contributed by atoms with E-state index in [4.69, 9.17) is 4.74 Å². The maximum Gasteiger partial charge on any atom is 0.114 e. The summed E-state index contributed by atoms with van der Waals surface area (Å²) in [6.07, 6.45) is 4.85. The Morgan fingerprint density at radius 2 is 2.09 bits per heavy atom. The van der Waals surface area contributed by atoms with Crippen molar-refractivity contribution >= 4 is 0 Å². The van der Waals surface area contributed by atoms with Crippen molar-refractivity contribution in [2.75, 3.05) is 13.7 Å². The molecule has 0 amide bonds. The van der Waals surface area contributed by atoms with Gasteiger partial charge in [-0.3, -0.25) is 0 Å². The predicted octanol–water partition coefficient (Wildman–Crippen LogP) is 2.03. The second-order valence-corrected chi connectivity index (χ2v) is 2.84. The summed E-state index contributed by atoms with van der Waals surface area (Å²) in [7, 11) is 1.76. The van der Waals surface area contributed by atoms with Crippen molar-refractivity contribution in [1.29, 1.82) is 0 Å². The number of rotatable bonds is 3. The summed E-state index contributed by atoms with van der Waals surface area (Å²) in [6.45, 7) is 3.12. The van der Waals surface area contributed by atoms with Crippen LogP contribution >= 0.6 is 0 Å². The van der Waals surface area contributed by atoms with Gasteiger partial charge in [-0.1, -0.05) is 0 Å². The van der Waals surface area contributed by atoms with Crippen molar-refractivity contribution in [2.45, 2.75) is 32.6 Å². The summed E-state index contributed by atoms with van der Waals surface area (Å²) in [5, 5.41) is 3.34. The van der Waals surface area contributed by atoms with Crippen molar-refractivity contribution < 1.29 is 4.74 Å². The minimum atomic E-state index is 1.00. The van der Waals surface area contributed by atoms with Crippen LogP contribution in [0.1, 0.15) is 32.6 Å². The van der Waals surface area contributed by atoms with E-state index in [-0.39, 0.29) is 0 Å². The Balaban J connectivity index is 2.57. The molecule has 1 aliphatic rings. The number of hydrogen-bond donors (Lipinski definition) is 1. The molecular formula is C9H17NO. The zero-order chi connectivity index (χ0) is 8.10. The van der Waals surface area contributed by atoms with Gasteiger partial charge in [-0.15, -0.1) is 0 Å². The lowest BCUT2D eigenvalue weighted by atomic mass is 10.0. The molecule has 0 aromatic heterocycles. The van der Waals surface area contributed by atoms with E-state index < -0.39 is 0 Å². The van der Waals surface area contributed by atoms with E-state index in [2.05, 4.69) is 12.2 Å². The maximum atomic E-state index is 5.27. The molecule has 1 rings (SSSR count). The highest BCUT2D eigenvalue weighted by Gasteiger charge is 2.11. The van der Waals surface area contributed by atoms with Crippen LogP contribution in [0.5, 0.6) is 0 Å². The molecule has 0 aromatic rings. The number of hydrogen-bond acceptors (Lipinski definition) is 2. The predicted molar refractivity (Wildman–Crippen MR) is 46.2 cm³/mol. The molecule has 0 fully saturated rings. The third-order valence-electron chi connectivity index (χ3n) is 2.05. The molecule has 64 valence electrons. The second-order valence-electron chi connectivity index (χ2n) is 2.84. The molecular weight excluding hydrogens is 138 g/mol. The lowest BCUT2D eigenvalue weighted by Crippen LogP contribution is -2.17. The molecule has 2 nitrogen and oxygen atoms in total. The van der Waals surface area contributed by atoms with Gasteiger partial charge in [-0.2, -0.15) is 0 Å². The molecule has 0 aromatic carbocycles. The molecule has 11 heavy (non-hydrogen) atoms. The quantitative estimate of drug-likeness (QED) is 0.673. The molecule has 1 N–H and O–H groups in total. The van der Waals surface area contributed by atoms with Crippen molar-refractivity contribution in [2.24, 2.45) is 0 Å². The average Bonchev–Trinajstić information content (AvgIpc) is 2.06. The van der Waals surface area contributed by atoms with Gasteiger partial charge in [0.05, 0.1) is 7.11 Å². The van der Waals surface area contributed by atoms with Crippen LogP contribution in [-0.4, -0.2) is 13.7 Å². The minimum absolute atomic E-state index is 1.00. The summed E-state index contributed by atoms with van der Waals surface area (Å²) in [5.74, 6) is 1.16. The fraction of sp³-hybridized carbons (Fsp3) is 0.778. The molecule has 0 aliphatic heterocycles. The molecule has 0 saturated heterocycles. The number of methoxy groups -OCH3 is 1. The molecule has 1 aliphatic carbocycles. The third kappa shape index (κ3) is 2.14. The Labute approximate surface area is 68.6 Å². The van der Waals surface area contributed by atoms with Crippen LogP contribution in [0.3, 0.4) is 0 Å². The Morgan fingerprint density at radius 1 is 1.36 bits per heavy atom.